The number of benzene rings is 1. The number of methoxy groups -OCH3 is 2. The van der Waals surface area contributed by atoms with Crippen LogP contribution >= 0.6 is 0 Å². The Morgan fingerprint density at radius 3 is 3.00 bits per heavy atom. The highest BCUT2D eigenvalue weighted by Gasteiger charge is 2.22. The van der Waals surface area contributed by atoms with Crippen LogP contribution in [0, 0.1) is 0 Å². The molecule has 0 fully saturated rings. The summed E-state index contributed by atoms with van der Waals surface area (Å²) in [6.07, 6.45) is 0.860. The number of rotatable bonds is 4. The number of nitrogens with zero attached hydrogens (tertiary/aromatic N) is 1. The Hall–Kier alpha value is -2.34. The van der Waals surface area contributed by atoms with E-state index in [0.717, 1.165) is 23.3 Å². The molecule has 0 saturated heterocycles. The summed E-state index contributed by atoms with van der Waals surface area (Å²) < 4.78 is 20.8. The molecule has 1 aromatic carbocycles. The van der Waals surface area contributed by atoms with Crippen LogP contribution < -0.4 is 4.74 Å². The smallest absolute Gasteiger partial charge is 0.376 e. The standard InChI is InChI=1S/C15H15NO5/c1-18-8-11-13(15(17)19-2)21-14(16-11)10-3-4-12-9(7-10)5-6-20-12/h3-4,7H,5-6,8H2,1-2H3. The van der Waals surface area contributed by atoms with E-state index in [4.69, 9.17) is 18.6 Å². The predicted octanol–water partition coefficient (Wildman–Crippen LogP) is 2.21. The molecule has 6 heteroatoms. The number of hydrogen-bond donors (Lipinski definition) is 0. The molecule has 0 saturated carbocycles. The lowest BCUT2D eigenvalue weighted by molar-refractivity contribution is 0.0559. The van der Waals surface area contributed by atoms with Crippen molar-refractivity contribution in [3.8, 4) is 17.2 Å². The van der Waals surface area contributed by atoms with Gasteiger partial charge in [0.25, 0.3) is 0 Å². The van der Waals surface area contributed by atoms with Crippen molar-refractivity contribution < 1.29 is 23.4 Å². The molecule has 6 nitrogen and oxygen atoms in total. The van der Waals surface area contributed by atoms with Crippen LogP contribution in [0.15, 0.2) is 22.6 Å². The third-order valence-corrected chi connectivity index (χ3v) is 3.29. The molecule has 0 spiro atoms. The van der Waals surface area contributed by atoms with Crippen LogP contribution in [0.5, 0.6) is 5.75 Å². The van der Waals surface area contributed by atoms with Gasteiger partial charge in [-0.25, -0.2) is 9.78 Å². The first kappa shape index (κ1) is 13.6. The van der Waals surface area contributed by atoms with Gasteiger partial charge >= 0.3 is 5.97 Å². The van der Waals surface area contributed by atoms with Crippen molar-refractivity contribution in [2.24, 2.45) is 0 Å². The van der Waals surface area contributed by atoms with E-state index >= 15 is 0 Å². The second kappa shape index (κ2) is 5.57. The van der Waals surface area contributed by atoms with Gasteiger partial charge in [0.05, 0.1) is 20.3 Å². The van der Waals surface area contributed by atoms with Gasteiger partial charge in [0, 0.05) is 19.1 Å². The van der Waals surface area contributed by atoms with E-state index in [0.29, 0.717) is 18.2 Å². The SMILES string of the molecule is COCc1nc(-c2ccc3c(c2)CCO3)oc1C(=O)OC. The minimum Gasteiger partial charge on any atom is -0.493 e. The zero-order valence-electron chi connectivity index (χ0n) is 11.8. The molecule has 1 aliphatic heterocycles. The molecule has 2 aromatic rings. The Morgan fingerprint density at radius 2 is 2.24 bits per heavy atom. The molecule has 0 N–H and O–H groups in total. The van der Waals surface area contributed by atoms with Crippen molar-refractivity contribution in [2.75, 3.05) is 20.8 Å². The molecule has 21 heavy (non-hydrogen) atoms. The molecule has 1 aromatic heterocycles. The van der Waals surface area contributed by atoms with E-state index < -0.39 is 5.97 Å². The quantitative estimate of drug-likeness (QED) is 0.804. The normalized spacial score (nSPS) is 12.9. The first-order valence-corrected chi connectivity index (χ1v) is 6.56. The first-order valence-electron chi connectivity index (χ1n) is 6.56. The number of esters is 1. The molecule has 0 radical (unpaired) electrons. The molecule has 0 atom stereocenters. The Morgan fingerprint density at radius 1 is 1.38 bits per heavy atom. The van der Waals surface area contributed by atoms with Gasteiger partial charge in [-0.05, 0) is 23.8 Å². The van der Waals surface area contributed by atoms with Crippen LogP contribution in [-0.2, 0) is 22.5 Å². The van der Waals surface area contributed by atoms with Gasteiger partial charge in [-0.15, -0.1) is 0 Å². The van der Waals surface area contributed by atoms with E-state index in [2.05, 4.69) is 4.98 Å². The van der Waals surface area contributed by atoms with E-state index in [-0.39, 0.29) is 12.4 Å². The summed E-state index contributed by atoms with van der Waals surface area (Å²) in [7, 11) is 2.83. The molecule has 0 amide bonds. The van der Waals surface area contributed by atoms with Gasteiger partial charge in [-0.1, -0.05) is 0 Å². The van der Waals surface area contributed by atoms with Crippen molar-refractivity contribution in [1.29, 1.82) is 0 Å². The summed E-state index contributed by atoms with van der Waals surface area (Å²) in [6, 6.07) is 5.70. The number of fused-ring (bicyclic) bond motifs is 1. The molecule has 0 unspecified atom stereocenters. The van der Waals surface area contributed by atoms with Gasteiger partial charge in [-0.2, -0.15) is 0 Å². The van der Waals surface area contributed by atoms with Gasteiger partial charge in [-0.3, -0.25) is 0 Å². The summed E-state index contributed by atoms with van der Waals surface area (Å²) >= 11 is 0. The maximum Gasteiger partial charge on any atom is 0.376 e. The number of hydrogen-bond acceptors (Lipinski definition) is 6. The first-order chi connectivity index (χ1) is 10.2. The highest BCUT2D eigenvalue weighted by atomic mass is 16.5. The van der Waals surface area contributed by atoms with Crippen LogP contribution in [0.3, 0.4) is 0 Å². The number of aromatic nitrogens is 1. The van der Waals surface area contributed by atoms with Crippen LogP contribution in [0.2, 0.25) is 0 Å². The fraction of sp³-hybridized carbons (Fsp3) is 0.333. The average Bonchev–Trinajstić information content (AvgIpc) is 3.12. The summed E-state index contributed by atoms with van der Waals surface area (Å²) in [6.45, 7) is 0.870. The fourth-order valence-electron chi connectivity index (χ4n) is 2.28. The summed E-state index contributed by atoms with van der Waals surface area (Å²) in [4.78, 5) is 16.0. The average molecular weight is 289 g/mol. The second-order valence-electron chi connectivity index (χ2n) is 4.64. The Labute approximate surface area is 121 Å². The lowest BCUT2D eigenvalue weighted by Gasteiger charge is -2.00. The Bertz CT molecular complexity index is 677. The van der Waals surface area contributed by atoms with Gasteiger partial charge in [0.2, 0.25) is 11.7 Å². The molecule has 110 valence electrons. The van der Waals surface area contributed by atoms with Crippen molar-refractivity contribution in [2.45, 2.75) is 13.0 Å². The number of carbonyl (C=O) groups excluding carboxylic acids is 1. The summed E-state index contributed by atoms with van der Waals surface area (Å²) in [5.41, 5.74) is 2.33. The van der Waals surface area contributed by atoms with Gasteiger partial charge in [0.15, 0.2) is 0 Å². The molecule has 0 aliphatic carbocycles. The zero-order valence-corrected chi connectivity index (χ0v) is 11.8. The molecule has 1 aliphatic rings. The maximum absolute atomic E-state index is 11.7. The van der Waals surface area contributed by atoms with Gasteiger partial charge < -0.3 is 18.6 Å². The van der Waals surface area contributed by atoms with Crippen LogP contribution in [0.4, 0.5) is 0 Å². The topological polar surface area (TPSA) is 70.8 Å². The molecule has 2 heterocycles. The third-order valence-electron chi connectivity index (χ3n) is 3.29. The molecule has 0 bridgehead atoms. The van der Waals surface area contributed by atoms with E-state index in [9.17, 15) is 4.79 Å². The summed E-state index contributed by atoms with van der Waals surface area (Å²) in [5, 5.41) is 0. The highest BCUT2D eigenvalue weighted by molar-refractivity contribution is 5.87. The van der Waals surface area contributed by atoms with Crippen molar-refractivity contribution in [3.63, 3.8) is 0 Å². The van der Waals surface area contributed by atoms with E-state index in [1.165, 1.54) is 14.2 Å². The summed E-state index contributed by atoms with van der Waals surface area (Å²) in [5.74, 6) is 0.768. The second-order valence-corrected chi connectivity index (χ2v) is 4.64. The lowest BCUT2D eigenvalue weighted by atomic mass is 10.1. The highest BCUT2D eigenvalue weighted by Crippen LogP contribution is 2.31. The predicted molar refractivity (Wildman–Crippen MR) is 73.2 cm³/mol. The zero-order chi connectivity index (χ0) is 14.8. The van der Waals surface area contributed by atoms with Crippen LogP contribution in [0.25, 0.3) is 11.5 Å². The maximum atomic E-state index is 11.7. The van der Waals surface area contributed by atoms with Gasteiger partial charge in [0.1, 0.15) is 11.4 Å². The lowest BCUT2D eigenvalue weighted by Crippen LogP contribution is -2.04. The minimum atomic E-state index is -0.565. The molecule has 3 rings (SSSR count). The molecular formula is C15H15NO5. The van der Waals surface area contributed by atoms with Crippen LogP contribution in [0.1, 0.15) is 21.8 Å². The minimum absolute atomic E-state index is 0.0751. The third kappa shape index (κ3) is 2.50. The number of ether oxygens (including phenoxy) is 3. The molecular weight excluding hydrogens is 274 g/mol. The number of oxazole rings is 1. The monoisotopic (exact) mass is 289 g/mol. The Balaban J connectivity index is 2.00. The van der Waals surface area contributed by atoms with Crippen molar-refractivity contribution >= 4 is 5.97 Å². The van der Waals surface area contributed by atoms with E-state index in [1.54, 1.807) is 0 Å². The van der Waals surface area contributed by atoms with Crippen LogP contribution in [-0.4, -0.2) is 31.8 Å². The van der Waals surface area contributed by atoms with Crippen molar-refractivity contribution in [3.05, 3.63) is 35.2 Å². The van der Waals surface area contributed by atoms with E-state index in [1.807, 2.05) is 18.2 Å². The Kier molecular flexibility index (Phi) is 3.62. The fourth-order valence-corrected chi connectivity index (χ4v) is 2.28. The largest absolute Gasteiger partial charge is 0.493 e. The number of carbonyl (C=O) groups is 1. The van der Waals surface area contributed by atoms with Crippen molar-refractivity contribution in [1.82, 2.24) is 4.98 Å².